The van der Waals surface area contributed by atoms with Crippen molar-refractivity contribution in [1.82, 2.24) is 0 Å². The van der Waals surface area contributed by atoms with Crippen LogP contribution in [0, 0.1) is 13.8 Å². The number of carbonyl (C=O) groups excluding carboxylic acids is 1. The Balaban J connectivity index is 2.86. The van der Waals surface area contributed by atoms with Gasteiger partial charge in [0.25, 0.3) is 5.91 Å². The molecule has 0 radical (unpaired) electrons. The predicted molar refractivity (Wildman–Crippen MR) is 90.7 cm³/mol. The highest BCUT2D eigenvalue weighted by Gasteiger charge is 2.32. The lowest BCUT2D eigenvalue weighted by molar-refractivity contribution is -0.136. The maximum atomic E-state index is 12.6. The predicted octanol–water partition coefficient (Wildman–Crippen LogP) is 4.24. The fourth-order valence-electron chi connectivity index (χ4n) is 2.63. The Morgan fingerprint density at radius 1 is 1.18 bits per heavy atom. The number of carbonyl (C=O) groups is 1. The van der Waals surface area contributed by atoms with Crippen LogP contribution >= 0.6 is 0 Å². The van der Waals surface area contributed by atoms with Gasteiger partial charge in [0, 0.05) is 12.8 Å². The highest BCUT2D eigenvalue weighted by atomic mass is 16.5. The van der Waals surface area contributed by atoms with Gasteiger partial charge in [-0.15, -0.1) is 0 Å². The molecular formula is C18H29NO3. The average molecular weight is 307 g/mol. The summed E-state index contributed by atoms with van der Waals surface area (Å²) in [6.45, 7) is 7.94. The van der Waals surface area contributed by atoms with Crippen LogP contribution in [0.2, 0.25) is 0 Å². The molecule has 0 bridgehead atoms. The molecular weight excluding hydrogens is 278 g/mol. The van der Waals surface area contributed by atoms with E-state index in [-0.39, 0.29) is 5.91 Å². The number of benzene rings is 1. The number of aryl methyl sites for hydroxylation is 2. The van der Waals surface area contributed by atoms with E-state index in [0.717, 1.165) is 48.2 Å². The SMILES string of the molecule is CCCCCC(C)(OC)C(=O)Nc1cc(C)c(OC)c(C)c1. The molecule has 0 heterocycles. The minimum absolute atomic E-state index is 0.102. The van der Waals surface area contributed by atoms with E-state index in [1.165, 1.54) is 0 Å². The normalized spacial score (nSPS) is 13.5. The van der Waals surface area contributed by atoms with Crippen LogP contribution in [0.5, 0.6) is 5.75 Å². The van der Waals surface area contributed by atoms with Crippen LogP contribution in [0.4, 0.5) is 5.69 Å². The van der Waals surface area contributed by atoms with Crippen LogP contribution in [0.1, 0.15) is 50.7 Å². The lowest BCUT2D eigenvalue weighted by atomic mass is 9.96. The van der Waals surface area contributed by atoms with Gasteiger partial charge in [-0.2, -0.15) is 0 Å². The molecule has 22 heavy (non-hydrogen) atoms. The lowest BCUT2D eigenvalue weighted by Gasteiger charge is -2.27. The summed E-state index contributed by atoms with van der Waals surface area (Å²) in [5, 5.41) is 2.97. The largest absolute Gasteiger partial charge is 0.496 e. The summed E-state index contributed by atoms with van der Waals surface area (Å²) in [4.78, 5) is 12.6. The standard InChI is InChI=1S/C18H29NO3/c1-7-8-9-10-18(4,22-6)17(20)19-15-11-13(2)16(21-5)14(3)12-15/h11-12H,7-10H2,1-6H3,(H,19,20). The number of unbranched alkanes of at least 4 members (excludes halogenated alkanes) is 2. The first-order chi connectivity index (χ1) is 10.4. The molecule has 0 aromatic heterocycles. The second-order valence-corrected chi connectivity index (χ2v) is 5.99. The molecule has 0 spiro atoms. The number of methoxy groups -OCH3 is 2. The fourth-order valence-corrected chi connectivity index (χ4v) is 2.63. The summed E-state index contributed by atoms with van der Waals surface area (Å²) >= 11 is 0. The van der Waals surface area contributed by atoms with E-state index in [1.807, 2.05) is 32.9 Å². The van der Waals surface area contributed by atoms with Crippen LogP contribution in [0.3, 0.4) is 0 Å². The topological polar surface area (TPSA) is 47.6 Å². The third kappa shape index (κ3) is 4.47. The Kier molecular flexibility index (Phi) is 6.88. The molecule has 1 N–H and O–H groups in total. The first-order valence-corrected chi connectivity index (χ1v) is 7.89. The van der Waals surface area contributed by atoms with E-state index in [1.54, 1.807) is 14.2 Å². The Bertz CT molecular complexity index is 490. The number of hydrogen-bond acceptors (Lipinski definition) is 3. The molecule has 0 saturated heterocycles. The third-order valence-corrected chi connectivity index (χ3v) is 4.11. The second-order valence-electron chi connectivity index (χ2n) is 5.99. The molecule has 0 aliphatic carbocycles. The number of rotatable bonds is 8. The van der Waals surface area contributed by atoms with Crippen molar-refractivity contribution >= 4 is 11.6 Å². The van der Waals surface area contributed by atoms with E-state index in [4.69, 9.17) is 9.47 Å². The van der Waals surface area contributed by atoms with Crippen LogP contribution in [-0.4, -0.2) is 25.7 Å². The van der Waals surface area contributed by atoms with E-state index >= 15 is 0 Å². The highest BCUT2D eigenvalue weighted by molar-refractivity contribution is 5.97. The summed E-state index contributed by atoms with van der Waals surface area (Å²) in [5.74, 6) is 0.755. The molecule has 1 unspecified atom stereocenters. The Morgan fingerprint density at radius 3 is 2.23 bits per heavy atom. The van der Waals surface area contributed by atoms with Crippen molar-refractivity contribution in [1.29, 1.82) is 0 Å². The van der Waals surface area contributed by atoms with Crippen molar-refractivity contribution in [3.05, 3.63) is 23.3 Å². The number of ether oxygens (including phenoxy) is 2. The summed E-state index contributed by atoms with van der Waals surface area (Å²) in [7, 11) is 3.25. The van der Waals surface area contributed by atoms with Crippen LogP contribution in [-0.2, 0) is 9.53 Å². The molecule has 1 atom stereocenters. The van der Waals surface area contributed by atoms with E-state index in [2.05, 4.69) is 12.2 Å². The number of anilines is 1. The summed E-state index contributed by atoms with van der Waals surface area (Å²) in [5.41, 5.74) is 1.99. The van der Waals surface area contributed by atoms with Crippen molar-refractivity contribution in [2.45, 2.75) is 59.0 Å². The smallest absolute Gasteiger partial charge is 0.256 e. The van der Waals surface area contributed by atoms with Gasteiger partial charge in [0.1, 0.15) is 11.4 Å². The molecule has 124 valence electrons. The van der Waals surface area contributed by atoms with Gasteiger partial charge < -0.3 is 14.8 Å². The van der Waals surface area contributed by atoms with Gasteiger partial charge in [-0.25, -0.2) is 0 Å². The minimum Gasteiger partial charge on any atom is -0.496 e. The highest BCUT2D eigenvalue weighted by Crippen LogP contribution is 2.28. The zero-order chi connectivity index (χ0) is 16.8. The second kappa shape index (κ2) is 8.18. The van der Waals surface area contributed by atoms with Gasteiger partial charge in [-0.3, -0.25) is 4.79 Å². The third-order valence-electron chi connectivity index (χ3n) is 4.11. The number of hydrogen-bond donors (Lipinski definition) is 1. The Hall–Kier alpha value is -1.55. The maximum Gasteiger partial charge on any atom is 0.256 e. The van der Waals surface area contributed by atoms with Crippen molar-refractivity contribution in [2.75, 3.05) is 19.5 Å². The van der Waals surface area contributed by atoms with E-state index in [0.29, 0.717) is 0 Å². The first kappa shape index (κ1) is 18.5. The van der Waals surface area contributed by atoms with Crippen LogP contribution in [0.15, 0.2) is 12.1 Å². The number of nitrogens with one attached hydrogen (secondary N) is 1. The average Bonchev–Trinajstić information content (AvgIpc) is 2.47. The van der Waals surface area contributed by atoms with Crippen LogP contribution in [0.25, 0.3) is 0 Å². The quantitative estimate of drug-likeness (QED) is 0.731. The molecule has 0 aliphatic heterocycles. The van der Waals surface area contributed by atoms with Gasteiger partial charge in [0.2, 0.25) is 0 Å². The summed E-state index contributed by atoms with van der Waals surface area (Å²) in [6.07, 6.45) is 3.93. The molecule has 0 fully saturated rings. The van der Waals surface area contributed by atoms with Gasteiger partial charge >= 0.3 is 0 Å². The molecule has 1 aromatic rings. The van der Waals surface area contributed by atoms with E-state index < -0.39 is 5.60 Å². The first-order valence-electron chi connectivity index (χ1n) is 7.89. The fraction of sp³-hybridized carbons (Fsp3) is 0.611. The Morgan fingerprint density at radius 2 is 1.77 bits per heavy atom. The molecule has 4 heteroatoms. The zero-order valence-corrected chi connectivity index (χ0v) is 14.7. The number of amides is 1. The van der Waals surface area contributed by atoms with Crippen molar-refractivity contribution in [3.8, 4) is 5.75 Å². The van der Waals surface area contributed by atoms with Crippen molar-refractivity contribution in [2.24, 2.45) is 0 Å². The van der Waals surface area contributed by atoms with E-state index in [9.17, 15) is 4.79 Å². The van der Waals surface area contributed by atoms with Gasteiger partial charge in [0.15, 0.2) is 0 Å². The van der Waals surface area contributed by atoms with Gasteiger partial charge in [0.05, 0.1) is 7.11 Å². The molecule has 4 nitrogen and oxygen atoms in total. The van der Waals surface area contributed by atoms with Gasteiger partial charge in [-0.1, -0.05) is 26.2 Å². The molecule has 1 aromatic carbocycles. The molecule has 1 amide bonds. The minimum atomic E-state index is -0.795. The van der Waals surface area contributed by atoms with Crippen molar-refractivity contribution in [3.63, 3.8) is 0 Å². The summed E-state index contributed by atoms with van der Waals surface area (Å²) in [6, 6.07) is 3.84. The van der Waals surface area contributed by atoms with Gasteiger partial charge in [-0.05, 0) is 50.5 Å². The molecule has 0 aliphatic rings. The van der Waals surface area contributed by atoms with Crippen LogP contribution < -0.4 is 10.1 Å². The maximum absolute atomic E-state index is 12.6. The molecule has 1 rings (SSSR count). The zero-order valence-electron chi connectivity index (χ0n) is 14.7. The monoisotopic (exact) mass is 307 g/mol. The Labute approximate surface area is 134 Å². The summed E-state index contributed by atoms with van der Waals surface area (Å²) < 4.78 is 10.8. The molecule has 0 saturated carbocycles. The lowest BCUT2D eigenvalue weighted by Crippen LogP contribution is -2.42. The van der Waals surface area contributed by atoms with Crippen molar-refractivity contribution < 1.29 is 14.3 Å².